The van der Waals surface area contributed by atoms with Gasteiger partial charge in [-0.15, -0.1) is 0 Å². The molecule has 3 nitrogen and oxygen atoms in total. The fraction of sp³-hybridized carbons (Fsp3) is 0.188. The molecule has 0 unspecified atom stereocenters. The summed E-state index contributed by atoms with van der Waals surface area (Å²) >= 11 is 0. The smallest absolute Gasteiger partial charge is 0.143 e. The van der Waals surface area contributed by atoms with Crippen LogP contribution in [0.3, 0.4) is 0 Å². The molecular formula is C16H13FN2O. The highest BCUT2D eigenvalue weighted by atomic mass is 19.1. The van der Waals surface area contributed by atoms with E-state index in [-0.39, 0.29) is 11.3 Å². The highest BCUT2D eigenvalue weighted by Gasteiger charge is 2.23. The predicted molar refractivity (Wildman–Crippen MR) is 73.8 cm³/mol. The van der Waals surface area contributed by atoms with Crippen molar-refractivity contribution in [2.75, 3.05) is 4.90 Å². The van der Waals surface area contributed by atoms with E-state index in [1.54, 1.807) is 12.1 Å². The fourth-order valence-electron chi connectivity index (χ4n) is 2.64. The van der Waals surface area contributed by atoms with E-state index in [9.17, 15) is 9.50 Å². The van der Waals surface area contributed by atoms with Crippen LogP contribution in [0.5, 0.6) is 5.75 Å². The van der Waals surface area contributed by atoms with Crippen molar-refractivity contribution in [3.8, 4) is 11.8 Å². The Morgan fingerprint density at radius 2 is 1.95 bits per heavy atom. The van der Waals surface area contributed by atoms with Crippen molar-refractivity contribution in [1.29, 1.82) is 5.26 Å². The van der Waals surface area contributed by atoms with Gasteiger partial charge in [-0.1, -0.05) is 6.07 Å². The minimum absolute atomic E-state index is 0.0765. The normalized spacial score (nSPS) is 13.2. The zero-order chi connectivity index (χ0) is 14.3. The Kier molecular flexibility index (Phi) is 2.83. The van der Waals surface area contributed by atoms with Crippen molar-refractivity contribution in [2.45, 2.75) is 20.0 Å². The summed E-state index contributed by atoms with van der Waals surface area (Å²) in [6.45, 7) is 3.00. The molecule has 1 N–H and O–H groups in total. The van der Waals surface area contributed by atoms with Crippen LogP contribution in [0.4, 0.5) is 10.1 Å². The van der Waals surface area contributed by atoms with Gasteiger partial charge in [0.25, 0.3) is 0 Å². The lowest BCUT2D eigenvalue weighted by Crippen LogP contribution is -2.16. The van der Waals surface area contributed by atoms with Gasteiger partial charge in [0.05, 0.1) is 5.69 Å². The average molecular weight is 268 g/mol. The largest absolute Gasteiger partial charge is 0.508 e. The van der Waals surface area contributed by atoms with Gasteiger partial charge >= 0.3 is 0 Å². The van der Waals surface area contributed by atoms with Gasteiger partial charge in [0.1, 0.15) is 23.2 Å². The molecule has 0 aromatic heterocycles. The lowest BCUT2D eigenvalue weighted by atomic mass is 10.1. The third-order valence-electron chi connectivity index (χ3n) is 3.58. The lowest BCUT2D eigenvalue weighted by molar-refractivity contribution is 0.474. The molecule has 100 valence electrons. The van der Waals surface area contributed by atoms with Gasteiger partial charge in [-0.3, -0.25) is 0 Å². The number of aryl methyl sites for hydroxylation is 1. The third kappa shape index (κ3) is 1.97. The second-order valence-electron chi connectivity index (χ2n) is 5.06. The van der Waals surface area contributed by atoms with E-state index in [2.05, 4.69) is 0 Å². The number of rotatable bonds is 1. The number of halogens is 1. The van der Waals surface area contributed by atoms with Gasteiger partial charge in [-0.2, -0.15) is 5.26 Å². The van der Waals surface area contributed by atoms with Crippen LogP contribution in [0.15, 0.2) is 30.3 Å². The van der Waals surface area contributed by atoms with Gasteiger partial charge in [0.15, 0.2) is 0 Å². The Morgan fingerprint density at radius 3 is 2.70 bits per heavy atom. The van der Waals surface area contributed by atoms with Gasteiger partial charge in [-0.05, 0) is 47.9 Å². The Balaban J connectivity index is 2.03. The molecule has 0 bridgehead atoms. The number of anilines is 1. The van der Waals surface area contributed by atoms with Gasteiger partial charge in [-0.25, -0.2) is 4.39 Å². The monoisotopic (exact) mass is 268 g/mol. The molecule has 0 spiro atoms. The molecule has 0 aliphatic carbocycles. The van der Waals surface area contributed by atoms with Crippen LogP contribution >= 0.6 is 0 Å². The molecule has 0 fully saturated rings. The summed E-state index contributed by atoms with van der Waals surface area (Å²) in [5.74, 6) is -0.261. The standard InChI is InChI=1S/C16H13FN2O/c1-10-4-15(17)14(7-18)16(5-10)19-8-11-2-3-13(20)6-12(11)9-19/h2-6,20H,8-9H2,1H3. The second kappa shape index (κ2) is 4.53. The van der Waals surface area contributed by atoms with E-state index in [1.807, 2.05) is 30.0 Å². The predicted octanol–water partition coefficient (Wildman–Crippen LogP) is 3.23. The molecule has 20 heavy (non-hydrogen) atoms. The Bertz CT molecular complexity index is 734. The maximum absolute atomic E-state index is 13.9. The van der Waals surface area contributed by atoms with E-state index in [0.717, 1.165) is 16.7 Å². The first-order chi connectivity index (χ1) is 9.58. The van der Waals surface area contributed by atoms with E-state index < -0.39 is 5.82 Å². The van der Waals surface area contributed by atoms with E-state index in [4.69, 9.17) is 5.26 Å². The summed E-state index contributed by atoms with van der Waals surface area (Å²) < 4.78 is 13.9. The van der Waals surface area contributed by atoms with Crippen LogP contribution in [0.25, 0.3) is 0 Å². The molecule has 1 aliphatic heterocycles. The number of nitrogens with zero attached hydrogens (tertiary/aromatic N) is 2. The highest BCUT2D eigenvalue weighted by Crippen LogP contribution is 2.33. The molecule has 0 atom stereocenters. The number of nitriles is 1. The maximum Gasteiger partial charge on any atom is 0.143 e. The topological polar surface area (TPSA) is 47.3 Å². The average Bonchev–Trinajstić information content (AvgIpc) is 2.80. The van der Waals surface area contributed by atoms with Crippen molar-refractivity contribution >= 4 is 5.69 Å². The molecule has 1 heterocycles. The summed E-state index contributed by atoms with van der Waals surface area (Å²) in [5.41, 5.74) is 3.58. The zero-order valence-corrected chi connectivity index (χ0v) is 11.0. The van der Waals surface area contributed by atoms with Gasteiger partial charge in [0.2, 0.25) is 0 Å². The van der Waals surface area contributed by atoms with Gasteiger partial charge in [0, 0.05) is 13.1 Å². The summed E-state index contributed by atoms with van der Waals surface area (Å²) in [6, 6.07) is 10.4. The van der Waals surface area contributed by atoms with Crippen LogP contribution in [0.1, 0.15) is 22.3 Å². The first kappa shape index (κ1) is 12.5. The number of hydrogen-bond acceptors (Lipinski definition) is 3. The molecule has 4 heteroatoms. The molecule has 2 aromatic rings. The molecule has 0 saturated carbocycles. The highest BCUT2D eigenvalue weighted by molar-refractivity contribution is 5.63. The van der Waals surface area contributed by atoms with E-state index in [0.29, 0.717) is 18.8 Å². The van der Waals surface area contributed by atoms with Crippen LogP contribution in [-0.2, 0) is 13.1 Å². The van der Waals surface area contributed by atoms with E-state index in [1.165, 1.54) is 6.07 Å². The van der Waals surface area contributed by atoms with Crippen molar-refractivity contribution < 1.29 is 9.50 Å². The molecule has 0 radical (unpaired) electrons. The second-order valence-corrected chi connectivity index (χ2v) is 5.06. The maximum atomic E-state index is 13.9. The minimum atomic E-state index is -0.485. The minimum Gasteiger partial charge on any atom is -0.508 e. The molecule has 1 aliphatic rings. The van der Waals surface area contributed by atoms with Crippen LogP contribution in [-0.4, -0.2) is 5.11 Å². The lowest BCUT2D eigenvalue weighted by Gasteiger charge is -2.20. The van der Waals surface area contributed by atoms with Crippen molar-refractivity contribution in [2.24, 2.45) is 0 Å². The summed E-state index contributed by atoms with van der Waals surface area (Å²) in [7, 11) is 0. The number of phenolic OH excluding ortho intramolecular Hbond substituents is 1. The van der Waals surface area contributed by atoms with Crippen molar-refractivity contribution in [3.63, 3.8) is 0 Å². The van der Waals surface area contributed by atoms with Gasteiger partial charge < -0.3 is 10.0 Å². The molecule has 3 rings (SSSR count). The SMILES string of the molecule is Cc1cc(F)c(C#N)c(N2Cc3ccc(O)cc3C2)c1. The summed E-state index contributed by atoms with van der Waals surface area (Å²) in [6.07, 6.45) is 0. The molecule has 0 saturated heterocycles. The van der Waals surface area contributed by atoms with Crippen LogP contribution in [0.2, 0.25) is 0 Å². The molecule has 2 aromatic carbocycles. The Labute approximate surface area is 116 Å². The Hall–Kier alpha value is -2.54. The quantitative estimate of drug-likeness (QED) is 0.863. The van der Waals surface area contributed by atoms with Crippen molar-refractivity contribution in [3.05, 3.63) is 58.4 Å². The number of benzene rings is 2. The number of phenols is 1. The molecular weight excluding hydrogens is 255 g/mol. The number of hydrogen-bond donors (Lipinski definition) is 1. The first-order valence-corrected chi connectivity index (χ1v) is 6.34. The third-order valence-corrected chi connectivity index (χ3v) is 3.58. The number of aromatic hydroxyl groups is 1. The summed E-state index contributed by atoms with van der Waals surface area (Å²) in [5, 5.41) is 18.7. The summed E-state index contributed by atoms with van der Waals surface area (Å²) in [4.78, 5) is 1.96. The Morgan fingerprint density at radius 1 is 1.20 bits per heavy atom. The first-order valence-electron chi connectivity index (χ1n) is 6.34. The zero-order valence-electron chi connectivity index (χ0n) is 11.0. The number of fused-ring (bicyclic) bond motifs is 1. The fourth-order valence-corrected chi connectivity index (χ4v) is 2.64. The van der Waals surface area contributed by atoms with E-state index >= 15 is 0 Å². The van der Waals surface area contributed by atoms with Crippen molar-refractivity contribution in [1.82, 2.24) is 0 Å². The van der Waals surface area contributed by atoms with Crippen LogP contribution < -0.4 is 4.90 Å². The van der Waals surface area contributed by atoms with Crippen LogP contribution in [0, 0.1) is 24.1 Å². The molecule has 0 amide bonds.